The maximum absolute atomic E-state index is 11.8. The lowest BCUT2D eigenvalue weighted by molar-refractivity contribution is 0.0524. The van der Waals surface area contributed by atoms with Crippen molar-refractivity contribution in [1.29, 1.82) is 0 Å². The van der Waals surface area contributed by atoms with Gasteiger partial charge in [0.25, 0.3) is 0 Å². The highest BCUT2D eigenvalue weighted by Gasteiger charge is 2.14. The molecule has 0 bridgehead atoms. The van der Waals surface area contributed by atoms with Crippen LogP contribution in [-0.2, 0) is 4.74 Å². The minimum absolute atomic E-state index is 0.299. The summed E-state index contributed by atoms with van der Waals surface area (Å²) in [6.45, 7) is 8.22. The van der Waals surface area contributed by atoms with Crippen molar-refractivity contribution >= 4 is 28.8 Å². The topological polar surface area (TPSA) is 99.1 Å². The molecule has 8 nitrogen and oxygen atoms in total. The molecular formula is C19H21N5O3. The molecule has 0 saturated heterocycles. The minimum Gasteiger partial charge on any atom is -0.494 e. The minimum atomic E-state index is -0.440. The number of carbonyl (C=O) groups excluding carboxylic acids is 1. The summed E-state index contributed by atoms with van der Waals surface area (Å²) < 4.78 is 10.5. The van der Waals surface area contributed by atoms with Gasteiger partial charge in [0.2, 0.25) is 11.9 Å². The van der Waals surface area contributed by atoms with Crippen molar-refractivity contribution in [2.45, 2.75) is 27.7 Å². The highest BCUT2D eigenvalue weighted by Crippen LogP contribution is 2.23. The van der Waals surface area contributed by atoms with E-state index in [1.54, 1.807) is 13.8 Å². The molecule has 27 heavy (non-hydrogen) atoms. The van der Waals surface area contributed by atoms with Gasteiger partial charge in [0, 0.05) is 11.6 Å². The molecule has 0 aliphatic carbocycles. The molecule has 0 amide bonds. The Morgan fingerprint density at radius 3 is 2.52 bits per heavy atom. The Kier molecular flexibility index (Phi) is 5.44. The van der Waals surface area contributed by atoms with Crippen LogP contribution in [0.2, 0.25) is 0 Å². The van der Waals surface area contributed by atoms with E-state index in [9.17, 15) is 4.79 Å². The maximum atomic E-state index is 11.8. The number of hydrogen-bond acceptors (Lipinski definition) is 8. The average molecular weight is 367 g/mol. The zero-order valence-corrected chi connectivity index (χ0v) is 15.7. The van der Waals surface area contributed by atoms with Gasteiger partial charge in [0.15, 0.2) is 0 Å². The molecule has 0 aliphatic rings. The van der Waals surface area contributed by atoms with Crippen LogP contribution >= 0.6 is 0 Å². The van der Waals surface area contributed by atoms with E-state index in [-0.39, 0.29) is 0 Å². The molecule has 8 heteroatoms. The zero-order valence-electron chi connectivity index (χ0n) is 15.7. The van der Waals surface area contributed by atoms with Gasteiger partial charge < -0.3 is 9.47 Å². The van der Waals surface area contributed by atoms with Gasteiger partial charge in [-0.1, -0.05) is 0 Å². The maximum Gasteiger partial charge on any atom is 0.341 e. The zero-order chi connectivity index (χ0) is 19.4. The van der Waals surface area contributed by atoms with Crippen molar-refractivity contribution in [3.05, 3.63) is 41.3 Å². The Morgan fingerprint density at radius 2 is 1.81 bits per heavy atom. The van der Waals surface area contributed by atoms with E-state index in [4.69, 9.17) is 9.47 Å². The highest BCUT2D eigenvalue weighted by atomic mass is 16.5. The van der Waals surface area contributed by atoms with Gasteiger partial charge in [-0.25, -0.2) is 24.7 Å². The van der Waals surface area contributed by atoms with Crippen molar-refractivity contribution in [1.82, 2.24) is 19.9 Å². The van der Waals surface area contributed by atoms with Gasteiger partial charge in [0.05, 0.1) is 35.7 Å². The number of aromatic nitrogens is 4. The molecule has 140 valence electrons. The molecule has 3 rings (SSSR count). The van der Waals surface area contributed by atoms with Crippen molar-refractivity contribution < 1.29 is 14.3 Å². The molecule has 1 N–H and O–H groups in total. The van der Waals surface area contributed by atoms with Crippen LogP contribution in [0.5, 0.6) is 5.75 Å². The van der Waals surface area contributed by atoms with Crippen molar-refractivity contribution in [2.24, 2.45) is 0 Å². The van der Waals surface area contributed by atoms with Gasteiger partial charge in [0.1, 0.15) is 5.75 Å². The second-order valence-electron chi connectivity index (χ2n) is 5.78. The SMILES string of the molecule is CCOC(=O)c1cnc(Nc2nc(C)c3cc(OCC)ccc3n2)nc1C. The van der Waals surface area contributed by atoms with Crippen LogP contribution in [0.3, 0.4) is 0 Å². The van der Waals surface area contributed by atoms with E-state index in [0.717, 1.165) is 22.3 Å². The van der Waals surface area contributed by atoms with Crippen LogP contribution in [0.4, 0.5) is 11.9 Å². The van der Waals surface area contributed by atoms with Gasteiger partial charge >= 0.3 is 5.97 Å². The Balaban J connectivity index is 1.87. The highest BCUT2D eigenvalue weighted by molar-refractivity contribution is 5.90. The quantitative estimate of drug-likeness (QED) is 0.662. The first-order chi connectivity index (χ1) is 13.0. The molecule has 0 aliphatic heterocycles. The first-order valence-electron chi connectivity index (χ1n) is 8.70. The third-order valence-electron chi connectivity index (χ3n) is 3.87. The number of aryl methyl sites for hydroxylation is 2. The van der Waals surface area contributed by atoms with Crippen molar-refractivity contribution in [3.8, 4) is 5.75 Å². The fraction of sp³-hybridized carbons (Fsp3) is 0.316. The number of fused-ring (bicyclic) bond motifs is 1. The molecule has 0 spiro atoms. The van der Waals surface area contributed by atoms with E-state index in [2.05, 4.69) is 25.3 Å². The van der Waals surface area contributed by atoms with Gasteiger partial charge in [-0.15, -0.1) is 0 Å². The number of esters is 1. The van der Waals surface area contributed by atoms with E-state index in [1.165, 1.54) is 6.20 Å². The number of rotatable bonds is 6. The van der Waals surface area contributed by atoms with E-state index in [1.807, 2.05) is 32.0 Å². The summed E-state index contributed by atoms with van der Waals surface area (Å²) in [6, 6.07) is 5.68. The largest absolute Gasteiger partial charge is 0.494 e. The van der Waals surface area contributed by atoms with Crippen LogP contribution in [0.25, 0.3) is 10.9 Å². The van der Waals surface area contributed by atoms with Crippen LogP contribution in [0.15, 0.2) is 24.4 Å². The van der Waals surface area contributed by atoms with Gasteiger partial charge in [-0.2, -0.15) is 0 Å². The second kappa shape index (κ2) is 7.94. The third-order valence-corrected chi connectivity index (χ3v) is 3.87. The number of nitrogens with one attached hydrogen (secondary N) is 1. The van der Waals surface area contributed by atoms with Crippen LogP contribution < -0.4 is 10.1 Å². The third kappa shape index (κ3) is 4.11. The lowest BCUT2D eigenvalue weighted by Gasteiger charge is -2.10. The van der Waals surface area contributed by atoms with E-state index in [0.29, 0.717) is 36.4 Å². The Morgan fingerprint density at radius 1 is 1.04 bits per heavy atom. The first-order valence-corrected chi connectivity index (χ1v) is 8.70. The smallest absolute Gasteiger partial charge is 0.341 e. The molecule has 0 radical (unpaired) electrons. The van der Waals surface area contributed by atoms with E-state index < -0.39 is 5.97 Å². The van der Waals surface area contributed by atoms with Crippen LogP contribution in [-0.4, -0.2) is 39.1 Å². The summed E-state index contributed by atoms with van der Waals surface area (Å²) in [4.78, 5) is 29.3. The summed E-state index contributed by atoms with van der Waals surface area (Å²) in [5.74, 6) is 1.04. The molecule has 0 atom stereocenters. The average Bonchev–Trinajstić information content (AvgIpc) is 2.63. The predicted octanol–water partition coefficient (Wildman–Crippen LogP) is 3.36. The molecular weight excluding hydrogens is 346 g/mol. The van der Waals surface area contributed by atoms with Gasteiger partial charge in [-0.3, -0.25) is 5.32 Å². The second-order valence-corrected chi connectivity index (χ2v) is 5.78. The number of hydrogen-bond donors (Lipinski definition) is 1. The lowest BCUT2D eigenvalue weighted by atomic mass is 10.2. The Labute approximate surface area is 157 Å². The number of carbonyl (C=O) groups is 1. The van der Waals surface area contributed by atoms with Crippen LogP contribution in [0.1, 0.15) is 35.6 Å². The monoisotopic (exact) mass is 367 g/mol. The molecule has 2 heterocycles. The molecule has 0 saturated carbocycles. The molecule has 3 aromatic rings. The van der Waals surface area contributed by atoms with E-state index >= 15 is 0 Å². The summed E-state index contributed by atoms with van der Waals surface area (Å²) in [7, 11) is 0. The number of anilines is 2. The molecule has 2 aromatic heterocycles. The summed E-state index contributed by atoms with van der Waals surface area (Å²) >= 11 is 0. The molecule has 0 unspecified atom stereocenters. The standard InChI is InChI=1S/C19H21N5O3/c1-5-26-13-7-8-16-14(9-13)11(3)22-19(23-16)24-18-20-10-15(12(4)21-18)17(25)27-6-2/h7-10H,5-6H2,1-4H3,(H,20,21,22,23,24). The lowest BCUT2D eigenvalue weighted by Crippen LogP contribution is -2.10. The van der Waals surface area contributed by atoms with Gasteiger partial charge in [-0.05, 0) is 45.9 Å². The summed E-state index contributed by atoms with van der Waals surface area (Å²) in [6.07, 6.45) is 1.44. The number of benzene rings is 1. The fourth-order valence-electron chi connectivity index (χ4n) is 2.61. The summed E-state index contributed by atoms with van der Waals surface area (Å²) in [5, 5.41) is 3.91. The summed E-state index contributed by atoms with van der Waals surface area (Å²) in [5.41, 5.74) is 2.45. The van der Waals surface area contributed by atoms with Crippen molar-refractivity contribution in [3.63, 3.8) is 0 Å². The van der Waals surface area contributed by atoms with Crippen molar-refractivity contribution in [2.75, 3.05) is 18.5 Å². The number of ether oxygens (including phenoxy) is 2. The Bertz CT molecular complexity index is 990. The molecule has 1 aromatic carbocycles. The molecule has 0 fully saturated rings. The fourth-order valence-corrected chi connectivity index (χ4v) is 2.61. The first kappa shape index (κ1) is 18.5. The number of nitrogens with zero attached hydrogens (tertiary/aromatic N) is 4. The van der Waals surface area contributed by atoms with Crippen LogP contribution in [0, 0.1) is 13.8 Å². The Hall–Kier alpha value is -3.29. The normalized spacial score (nSPS) is 10.7. The predicted molar refractivity (Wildman–Crippen MR) is 101 cm³/mol.